The molecule has 0 bridgehead atoms. The third-order valence-electron chi connectivity index (χ3n) is 0. The first-order valence-electron chi connectivity index (χ1n) is 2.86. The average molecular weight is 103 g/mol. The minimum Gasteiger partial charge on any atom is -0.248 e. The summed E-state index contributed by atoms with van der Waals surface area (Å²) in [4.78, 5) is 0. The maximum Gasteiger partial charge on any atom is 0.0945 e. The van der Waals surface area contributed by atoms with Crippen molar-refractivity contribution in [1.29, 1.82) is 0 Å². The summed E-state index contributed by atoms with van der Waals surface area (Å²) >= 11 is 0. The molecule has 1 atom stereocenters. The molecule has 0 amide bonds. The molecular weight excluding hydrogens is 89.9 g/mol. The molecule has 0 aromatic carbocycles. The Morgan fingerprint density at radius 2 is 1.86 bits per heavy atom. The lowest BCUT2D eigenvalue weighted by Gasteiger charge is -1.74. The first kappa shape index (κ1) is 6.99. The summed E-state index contributed by atoms with van der Waals surface area (Å²) in [6.45, 7) is 4.61. The minimum atomic E-state index is -0.667. The van der Waals surface area contributed by atoms with Crippen LogP contribution in [-0.2, 0) is 0 Å². The monoisotopic (exact) mass is 103 g/mol. The Balaban J connectivity index is 0. The normalized spacial score (nSPS) is 14.1. The van der Waals surface area contributed by atoms with Crippen molar-refractivity contribution < 1.29 is 5.76 Å². The maximum absolute atomic E-state index is 11.0. The van der Waals surface area contributed by atoms with E-state index in [9.17, 15) is 4.39 Å². The van der Waals surface area contributed by atoms with Crippen molar-refractivity contribution in [3.8, 4) is 0 Å². The van der Waals surface area contributed by atoms with Crippen LogP contribution in [0.1, 0.15) is 22.1 Å². The van der Waals surface area contributed by atoms with Crippen molar-refractivity contribution in [3.63, 3.8) is 0 Å². The van der Waals surface area contributed by atoms with Crippen molar-refractivity contribution in [2.45, 2.75) is 33.2 Å². The van der Waals surface area contributed by atoms with Crippen LogP contribution in [-0.4, -0.2) is 14.0 Å². The Morgan fingerprint density at radius 1 is 1.86 bits per heavy atom. The predicted molar refractivity (Wildman–Crippen MR) is 32.5 cm³/mol. The summed E-state index contributed by atoms with van der Waals surface area (Å²) in [5.41, 5.74) is 0. The lowest BCUT2D eigenvalue weighted by atomic mass is 10.1. The molecule has 1 unspecified atom stereocenters. The highest BCUT2D eigenvalue weighted by molar-refractivity contribution is 6.08. The van der Waals surface area contributed by atoms with Gasteiger partial charge in [0.1, 0.15) is 0 Å². The third-order valence-corrected chi connectivity index (χ3v) is 0. The van der Waals surface area contributed by atoms with Crippen LogP contribution in [0, 0.1) is 0 Å². The van der Waals surface area contributed by atoms with Crippen molar-refractivity contribution in [3.05, 3.63) is 0 Å². The standard InChI is InChI=1S/C3H7F.C2H5B/c1-3(2)4;1-2-3/h3H,1-2H3;2H2,1H3/i;2D. The molecule has 7 heavy (non-hydrogen) atoms. The summed E-state index contributed by atoms with van der Waals surface area (Å²) < 4.78 is 17.4. The van der Waals surface area contributed by atoms with Gasteiger partial charge in [-0.1, -0.05) is 13.2 Å². The fourth-order valence-corrected chi connectivity index (χ4v) is 0. The van der Waals surface area contributed by atoms with Gasteiger partial charge >= 0.3 is 0 Å². The smallest absolute Gasteiger partial charge is 0.0945 e. The molecule has 42 valence electrons. The van der Waals surface area contributed by atoms with Crippen molar-refractivity contribution in [1.82, 2.24) is 0 Å². The molecule has 2 radical (unpaired) electrons. The molecular formula is C5H12BF. The summed E-state index contributed by atoms with van der Waals surface area (Å²) in [6.07, 6.45) is -1.08. The highest BCUT2D eigenvalue weighted by Gasteiger charge is 1.73. The quantitative estimate of drug-likeness (QED) is 0.411. The van der Waals surface area contributed by atoms with E-state index in [0.29, 0.717) is 0 Å². The number of alkyl halides is 1. The van der Waals surface area contributed by atoms with Crippen LogP contribution in [0.4, 0.5) is 4.39 Å². The van der Waals surface area contributed by atoms with Gasteiger partial charge in [-0.15, -0.1) is 0 Å². The van der Waals surface area contributed by atoms with E-state index in [1.807, 2.05) is 0 Å². The Hall–Kier alpha value is -0.00506. The molecule has 0 saturated carbocycles. The molecule has 0 aliphatic rings. The van der Waals surface area contributed by atoms with Gasteiger partial charge in [0.15, 0.2) is 0 Å². The molecule has 0 spiro atoms. The summed E-state index contributed by atoms with van der Waals surface area (Å²) in [5.74, 6) is 0. The van der Waals surface area contributed by atoms with Gasteiger partial charge in [-0.2, -0.15) is 0 Å². The first-order chi connectivity index (χ1) is 3.46. The SMILES string of the molecule is CC(C)F.[2H]C([B])C. The highest BCUT2D eigenvalue weighted by Crippen LogP contribution is 1.77. The Bertz CT molecular complexity index is 27.9. The van der Waals surface area contributed by atoms with Crippen molar-refractivity contribution >= 4 is 7.85 Å². The van der Waals surface area contributed by atoms with E-state index in [1.165, 1.54) is 13.8 Å². The topological polar surface area (TPSA) is 0 Å². The Morgan fingerprint density at radius 3 is 1.86 bits per heavy atom. The summed E-state index contributed by atoms with van der Waals surface area (Å²) in [6, 6.07) is 0. The molecule has 0 aliphatic heterocycles. The van der Waals surface area contributed by atoms with Crippen LogP contribution in [0.15, 0.2) is 0 Å². The van der Waals surface area contributed by atoms with E-state index in [2.05, 4.69) is 0 Å². The molecule has 0 nitrogen and oxygen atoms in total. The molecule has 0 rings (SSSR count). The zero-order valence-corrected chi connectivity index (χ0v) is 5.11. The van der Waals surface area contributed by atoms with Crippen molar-refractivity contribution in [2.24, 2.45) is 0 Å². The first-order valence-corrected chi connectivity index (χ1v) is 2.28. The van der Waals surface area contributed by atoms with Gasteiger partial charge < -0.3 is 0 Å². The van der Waals surface area contributed by atoms with Gasteiger partial charge in [-0.05, 0) is 13.8 Å². The second-order valence-corrected chi connectivity index (χ2v) is 1.35. The van der Waals surface area contributed by atoms with Crippen LogP contribution in [0.3, 0.4) is 0 Å². The van der Waals surface area contributed by atoms with Crippen LogP contribution in [0.25, 0.3) is 0 Å². The van der Waals surface area contributed by atoms with E-state index in [4.69, 9.17) is 9.22 Å². The van der Waals surface area contributed by atoms with Crippen LogP contribution in [0.2, 0.25) is 6.30 Å². The number of hydrogen-bond donors (Lipinski definition) is 0. The van der Waals surface area contributed by atoms with Gasteiger partial charge in [-0.25, -0.2) is 4.39 Å². The lowest BCUT2D eigenvalue weighted by molar-refractivity contribution is 0.391. The van der Waals surface area contributed by atoms with E-state index in [-0.39, 0.29) is 0 Å². The maximum atomic E-state index is 11.0. The van der Waals surface area contributed by atoms with Crippen LogP contribution >= 0.6 is 0 Å². The third kappa shape index (κ3) is 3730000. The lowest BCUT2D eigenvalue weighted by Crippen LogP contribution is -1.73. The number of rotatable bonds is 0. The van der Waals surface area contributed by atoms with Gasteiger partial charge in [0.25, 0.3) is 0 Å². The largest absolute Gasteiger partial charge is 0.248 e. The second-order valence-electron chi connectivity index (χ2n) is 1.35. The Kier molecular flexibility index (Phi) is 9.37. The van der Waals surface area contributed by atoms with E-state index >= 15 is 0 Å². The van der Waals surface area contributed by atoms with Crippen LogP contribution < -0.4 is 0 Å². The van der Waals surface area contributed by atoms with Gasteiger partial charge in [0.05, 0.1) is 14.0 Å². The summed E-state index contributed by atoms with van der Waals surface area (Å²) in [5, 5.41) is 0. The molecule has 2 heteroatoms. The second kappa shape index (κ2) is 9.37. The van der Waals surface area contributed by atoms with E-state index < -0.39 is 12.5 Å². The molecule has 0 N–H and O–H groups in total. The highest BCUT2D eigenvalue weighted by atomic mass is 19.1. The van der Waals surface area contributed by atoms with Gasteiger partial charge in [0, 0.05) is 1.37 Å². The zero-order chi connectivity index (χ0) is 7.15. The molecule has 0 aromatic rings. The number of halogens is 1. The molecule has 0 aromatic heterocycles. The Labute approximate surface area is 47.9 Å². The van der Waals surface area contributed by atoms with Gasteiger partial charge in [-0.3, -0.25) is 0 Å². The van der Waals surface area contributed by atoms with E-state index in [0.717, 1.165) is 0 Å². The zero-order valence-electron chi connectivity index (χ0n) is 6.11. The fourth-order valence-electron chi connectivity index (χ4n) is 0. The fraction of sp³-hybridized carbons (Fsp3) is 1.00. The van der Waals surface area contributed by atoms with Crippen LogP contribution in [0.5, 0.6) is 0 Å². The summed E-state index contributed by atoms with van der Waals surface area (Å²) in [7, 11) is 4.78. The molecule has 0 saturated heterocycles. The van der Waals surface area contributed by atoms with E-state index in [1.54, 1.807) is 6.92 Å². The molecule has 0 aliphatic carbocycles. The molecule has 0 fully saturated rings. The average Bonchev–Trinajstić information content (AvgIpc) is 1.25. The molecule has 0 heterocycles. The van der Waals surface area contributed by atoms with Gasteiger partial charge in [0.2, 0.25) is 0 Å². The number of hydrogen-bond acceptors (Lipinski definition) is 0. The van der Waals surface area contributed by atoms with Crippen molar-refractivity contribution in [2.75, 3.05) is 0 Å². The minimum absolute atomic E-state index is 0.417. The predicted octanol–water partition coefficient (Wildman–Crippen LogP) is 1.96.